The topological polar surface area (TPSA) is 0 Å². The normalized spacial score (nSPS) is 40.7. The van der Waals surface area contributed by atoms with Crippen molar-refractivity contribution < 1.29 is 0 Å². The Balaban J connectivity index is 1.93. The van der Waals surface area contributed by atoms with Crippen molar-refractivity contribution in [2.24, 2.45) is 17.8 Å². The van der Waals surface area contributed by atoms with Gasteiger partial charge < -0.3 is 0 Å². The highest BCUT2D eigenvalue weighted by atomic mass is 14.6. The maximum Gasteiger partial charge on any atom is -0.00559 e. The van der Waals surface area contributed by atoms with Crippen molar-refractivity contribution in [3.63, 3.8) is 0 Å². The van der Waals surface area contributed by atoms with Crippen molar-refractivity contribution in [1.29, 1.82) is 0 Å². The molecule has 2 bridgehead atoms. The van der Waals surface area contributed by atoms with Crippen LogP contribution in [0.25, 0.3) is 5.57 Å². The van der Waals surface area contributed by atoms with Crippen LogP contribution >= 0.6 is 0 Å². The maximum absolute atomic E-state index is 4.36. The van der Waals surface area contributed by atoms with Crippen molar-refractivity contribution in [2.45, 2.75) is 25.2 Å². The van der Waals surface area contributed by atoms with Gasteiger partial charge in [-0.25, -0.2) is 0 Å². The van der Waals surface area contributed by atoms with Crippen molar-refractivity contribution in [3.8, 4) is 0 Å². The molecule has 0 aromatic heterocycles. The van der Waals surface area contributed by atoms with Gasteiger partial charge in [-0.05, 0) is 59.6 Å². The Morgan fingerprint density at radius 3 is 2.60 bits per heavy atom. The molecule has 3 aliphatic carbocycles. The molecule has 0 saturated heterocycles. The Kier molecular flexibility index (Phi) is 1.39. The van der Waals surface area contributed by atoms with Crippen LogP contribution in [0.2, 0.25) is 0 Å². The molecular weight excluding hydrogens is 180 g/mol. The van der Waals surface area contributed by atoms with E-state index in [-0.39, 0.29) is 0 Å². The Morgan fingerprint density at radius 1 is 1.00 bits per heavy atom. The summed E-state index contributed by atoms with van der Waals surface area (Å²) < 4.78 is 0. The lowest BCUT2D eigenvalue weighted by atomic mass is 9.79. The zero-order valence-electron chi connectivity index (χ0n) is 8.95. The predicted molar refractivity (Wildman–Crippen MR) is 62.5 cm³/mol. The molecule has 15 heavy (non-hydrogen) atoms. The summed E-state index contributed by atoms with van der Waals surface area (Å²) in [6.45, 7) is 4.36. The molecule has 2 saturated carbocycles. The van der Waals surface area contributed by atoms with Crippen molar-refractivity contribution in [3.05, 3.63) is 42.0 Å². The van der Waals surface area contributed by atoms with E-state index in [1.807, 2.05) is 0 Å². The molecule has 76 valence electrons. The standard InChI is InChI=1S/C15H16/c1-9-12-4-2-3-5-13(12)15-11-7-6-10(8-11)14(9)15/h2-5,10-11,14-15H,1,6-8H2/t10?,11?,14-,15-/m0/s1. The first-order valence-electron chi connectivity index (χ1n) is 6.14. The minimum absolute atomic E-state index is 0.807. The number of fused-ring (bicyclic) bond motifs is 7. The summed E-state index contributed by atoms with van der Waals surface area (Å²) in [6, 6.07) is 8.97. The van der Waals surface area contributed by atoms with Crippen LogP contribution < -0.4 is 0 Å². The van der Waals surface area contributed by atoms with Gasteiger partial charge >= 0.3 is 0 Å². The van der Waals surface area contributed by atoms with Crippen LogP contribution in [0.4, 0.5) is 0 Å². The average Bonchev–Trinajstić information content (AvgIpc) is 2.92. The average molecular weight is 196 g/mol. The molecule has 0 spiro atoms. The second-order valence-electron chi connectivity index (χ2n) is 5.50. The Labute approximate surface area is 91.0 Å². The molecule has 0 nitrogen and oxygen atoms in total. The van der Waals surface area contributed by atoms with E-state index in [0.29, 0.717) is 0 Å². The largest absolute Gasteiger partial charge is 0.0949 e. The van der Waals surface area contributed by atoms with Gasteiger partial charge in [-0.2, -0.15) is 0 Å². The molecule has 4 atom stereocenters. The fourth-order valence-electron chi connectivity index (χ4n) is 4.50. The fourth-order valence-corrected chi connectivity index (χ4v) is 4.50. The molecule has 0 heterocycles. The number of rotatable bonds is 0. The molecule has 0 radical (unpaired) electrons. The van der Waals surface area contributed by atoms with Gasteiger partial charge in [-0.3, -0.25) is 0 Å². The van der Waals surface area contributed by atoms with Gasteiger partial charge in [-0.1, -0.05) is 30.8 Å². The number of hydrogen-bond acceptors (Lipinski definition) is 0. The monoisotopic (exact) mass is 196 g/mol. The zero-order valence-corrected chi connectivity index (χ0v) is 8.95. The fraction of sp³-hybridized carbons (Fsp3) is 0.467. The lowest BCUT2D eigenvalue weighted by molar-refractivity contribution is 0.365. The van der Waals surface area contributed by atoms with E-state index in [0.717, 1.165) is 23.7 Å². The summed E-state index contributed by atoms with van der Waals surface area (Å²) in [5, 5.41) is 0. The quantitative estimate of drug-likeness (QED) is 0.591. The van der Waals surface area contributed by atoms with E-state index in [1.165, 1.54) is 30.4 Å². The lowest BCUT2D eigenvalue weighted by Gasteiger charge is -2.25. The number of benzene rings is 1. The highest BCUT2D eigenvalue weighted by Gasteiger charge is 2.52. The lowest BCUT2D eigenvalue weighted by Crippen LogP contribution is -2.15. The molecule has 2 unspecified atom stereocenters. The van der Waals surface area contributed by atoms with Gasteiger partial charge in [0.05, 0.1) is 0 Å². The van der Waals surface area contributed by atoms with Gasteiger partial charge in [0.25, 0.3) is 0 Å². The Bertz CT molecular complexity index is 443. The minimum Gasteiger partial charge on any atom is -0.0949 e. The highest BCUT2D eigenvalue weighted by Crippen LogP contribution is 2.64. The van der Waals surface area contributed by atoms with Gasteiger partial charge in [0.15, 0.2) is 0 Å². The Hall–Kier alpha value is -1.04. The molecule has 4 rings (SSSR count). The molecule has 1 aromatic rings. The predicted octanol–water partition coefficient (Wildman–Crippen LogP) is 3.84. The molecular formula is C15H16. The van der Waals surface area contributed by atoms with E-state index in [2.05, 4.69) is 30.8 Å². The van der Waals surface area contributed by atoms with Crippen LogP contribution in [0.15, 0.2) is 30.8 Å². The molecule has 0 amide bonds. The smallest absolute Gasteiger partial charge is 0.00559 e. The zero-order chi connectivity index (χ0) is 9.99. The van der Waals surface area contributed by atoms with Crippen LogP contribution in [0.5, 0.6) is 0 Å². The SMILES string of the molecule is C=C1c2ccccc2[C@@H]2C3CCC(C3)[C@H]12. The molecule has 0 heteroatoms. The third kappa shape index (κ3) is 0.844. The summed E-state index contributed by atoms with van der Waals surface area (Å²) in [5.41, 5.74) is 4.53. The van der Waals surface area contributed by atoms with E-state index in [9.17, 15) is 0 Å². The van der Waals surface area contributed by atoms with Gasteiger partial charge in [0.2, 0.25) is 0 Å². The van der Waals surface area contributed by atoms with E-state index in [4.69, 9.17) is 0 Å². The summed E-state index contributed by atoms with van der Waals surface area (Å²) in [4.78, 5) is 0. The van der Waals surface area contributed by atoms with E-state index >= 15 is 0 Å². The van der Waals surface area contributed by atoms with Crippen LogP contribution in [0.3, 0.4) is 0 Å². The second-order valence-corrected chi connectivity index (χ2v) is 5.50. The first kappa shape index (κ1) is 8.15. The molecule has 0 aliphatic heterocycles. The third-order valence-electron chi connectivity index (χ3n) is 4.98. The Morgan fingerprint density at radius 2 is 1.73 bits per heavy atom. The first-order valence-corrected chi connectivity index (χ1v) is 6.14. The van der Waals surface area contributed by atoms with Crippen molar-refractivity contribution in [2.75, 3.05) is 0 Å². The van der Waals surface area contributed by atoms with Gasteiger partial charge in [0.1, 0.15) is 0 Å². The first-order chi connectivity index (χ1) is 7.36. The summed E-state index contributed by atoms with van der Waals surface area (Å²) in [6.07, 6.45) is 4.40. The van der Waals surface area contributed by atoms with Gasteiger partial charge in [0, 0.05) is 0 Å². The summed E-state index contributed by atoms with van der Waals surface area (Å²) in [7, 11) is 0. The molecule has 1 aromatic carbocycles. The molecule has 0 N–H and O–H groups in total. The van der Waals surface area contributed by atoms with Crippen LogP contribution in [-0.2, 0) is 0 Å². The third-order valence-corrected chi connectivity index (χ3v) is 4.98. The van der Waals surface area contributed by atoms with E-state index in [1.54, 1.807) is 5.56 Å². The van der Waals surface area contributed by atoms with Crippen LogP contribution in [-0.4, -0.2) is 0 Å². The van der Waals surface area contributed by atoms with Crippen molar-refractivity contribution in [1.82, 2.24) is 0 Å². The summed E-state index contributed by atoms with van der Waals surface area (Å²) >= 11 is 0. The van der Waals surface area contributed by atoms with Crippen LogP contribution in [0.1, 0.15) is 36.3 Å². The van der Waals surface area contributed by atoms with Gasteiger partial charge in [-0.15, -0.1) is 0 Å². The minimum atomic E-state index is 0.807. The van der Waals surface area contributed by atoms with E-state index < -0.39 is 0 Å². The number of allylic oxidation sites excluding steroid dienone is 1. The molecule has 3 aliphatic rings. The van der Waals surface area contributed by atoms with Crippen molar-refractivity contribution >= 4 is 5.57 Å². The summed E-state index contributed by atoms with van der Waals surface area (Å²) in [5.74, 6) is 3.58. The number of hydrogen-bond donors (Lipinski definition) is 0. The highest BCUT2D eigenvalue weighted by molar-refractivity contribution is 5.75. The van der Waals surface area contributed by atoms with Crippen LogP contribution in [0, 0.1) is 17.8 Å². The molecule has 2 fully saturated rings. The maximum atomic E-state index is 4.36. The second kappa shape index (κ2) is 2.55.